The number of carbonyl (C=O) groups excluding carboxylic acids is 1. The van der Waals surface area contributed by atoms with E-state index in [0.29, 0.717) is 28.5 Å². The van der Waals surface area contributed by atoms with Crippen LogP contribution in [0.15, 0.2) is 48.5 Å². The summed E-state index contributed by atoms with van der Waals surface area (Å²) in [7, 11) is 0. The maximum absolute atomic E-state index is 13.1. The average Bonchev–Trinajstić information content (AvgIpc) is 3.34. The fraction of sp³-hybridized carbons (Fsp3) is 0.400. The number of benzene rings is 2. The Morgan fingerprint density at radius 2 is 1.83 bits per heavy atom. The van der Waals surface area contributed by atoms with Gasteiger partial charge in [0.1, 0.15) is 15.8 Å². The van der Waals surface area contributed by atoms with Crippen molar-refractivity contribution in [3.63, 3.8) is 0 Å². The molecule has 1 heterocycles. The van der Waals surface area contributed by atoms with Crippen LogP contribution < -0.4 is 15.8 Å². The summed E-state index contributed by atoms with van der Waals surface area (Å²) in [5.41, 5.74) is 8.23. The number of alkyl halides is 3. The summed E-state index contributed by atoms with van der Waals surface area (Å²) in [6, 6.07) is 13.0. The Balaban J connectivity index is 1.58. The lowest BCUT2D eigenvalue weighted by Crippen LogP contribution is -2.35. The van der Waals surface area contributed by atoms with Crippen LogP contribution in [0.4, 0.5) is 13.2 Å². The molecule has 3 N–H and O–H groups in total. The van der Waals surface area contributed by atoms with Crippen LogP contribution in [0.3, 0.4) is 0 Å². The summed E-state index contributed by atoms with van der Waals surface area (Å²) < 4.78 is 41.9. The van der Waals surface area contributed by atoms with Crippen molar-refractivity contribution < 1.29 is 22.7 Å². The van der Waals surface area contributed by atoms with Crippen molar-refractivity contribution in [2.24, 2.45) is 11.7 Å². The molecule has 0 radical (unpaired) electrons. The lowest BCUT2D eigenvalue weighted by molar-refractivity contribution is -0.274. The molecule has 1 aromatic heterocycles. The van der Waals surface area contributed by atoms with Gasteiger partial charge in [-0.25, -0.2) is 0 Å². The van der Waals surface area contributed by atoms with Crippen molar-refractivity contribution in [3.8, 4) is 16.3 Å². The number of aromatic nitrogens is 2. The highest BCUT2D eigenvalue weighted by atomic mass is 32.1. The second-order valence-electron chi connectivity index (χ2n) is 8.65. The van der Waals surface area contributed by atoms with Gasteiger partial charge in [-0.05, 0) is 42.5 Å². The van der Waals surface area contributed by atoms with Gasteiger partial charge in [0.05, 0.1) is 6.04 Å². The van der Waals surface area contributed by atoms with Crippen LogP contribution in [0, 0.1) is 5.92 Å². The molecule has 3 aromatic rings. The molecule has 10 heteroatoms. The first-order chi connectivity index (χ1) is 16.8. The number of hydrogen-bond donors (Lipinski definition) is 2. The molecule has 1 amide bonds. The first kappa shape index (κ1) is 25.1. The van der Waals surface area contributed by atoms with Crippen LogP contribution in [0.2, 0.25) is 0 Å². The lowest BCUT2D eigenvalue weighted by Gasteiger charge is -2.24. The van der Waals surface area contributed by atoms with Crippen LogP contribution in [0.1, 0.15) is 54.3 Å². The number of nitrogens with zero attached hydrogens (tertiary/aromatic N) is 2. The van der Waals surface area contributed by atoms with Crippen molar-refractivity contribution in [2.75, 3.05) is 0 Å². The Labute approximate surface area is 205 Å². The van der Waals surface area contributed by atoms with Crippen LogP contribution in [0.25, 0.3) is 10.6 Å². The van der Waals surface area contributed by atoms with E-state index < -0.39 is 12.4 Å². The third-order valence-electron chi connectivity index (χ3n) is 6.01. The Bertz CT molecular complexity index is 1150. The number of carbonyl (C=O) groups is 1. The second-order valence-corrected chi connectivity index (χ2v) is 9.65. The summed E-state index contributed by atoms with van der Waals surface area (Å²) in [4.78, 5) is 13.1. The largest absolute Gasteiger partial charge is 0.573 e. The molecule has 1 saturated carbocycles. The zero-order valence-corrected chi connectivity index (χ0v) is 19.9. The topological polar surface area (TPSA) is 90.1 Å². The molecule has 0 bridgehead atoms. The number of nitrogens with two attached hydrogens (primary N) is 1. The van der Waals surface area contributed by atoms with Gasteiger partial charge in [-0.15, -0.1) is 23.4 Å². The van der Waals surface area contributed by atoms with Crippen molar-refractivity contribution in [1.82, 2.24) is 15.5 Å². The number of rotatable bonds is 8. The molecule has 4 rings (SSSR count). The maximum Gasteiger partial charge on any atom is 0.573 e. The van der Waals surface area contributed by atoms with Gasteiger partial charge in [-0.1, -0.05) is 67.0 Å². The minimum atomic E-state index is -4.78. The third-order valence-corrected chi connectivity index (χ3v) is 7.10. The van der Waals surface area contributed by atoms with Crippen molar-refractivity contribution in [1.29, 1.82) is 0 Å². The third kappa shape index (κ3) is 7.02. The molecule has 1 aliphatic carbocycles. The van der Waals surface area contributed by atoms with E-state index in [9.17, 15) is 18.0 Å². The molecular weight excluding hydrogens is 477 g/mol. The number of nitrogens with one attached hydrogen (secondary N) is 1. The molecule has 1 atom stereocenters. The normalized spacial score (nSPS) is 15.5. The summed E-state index contributed by atoms with van der Waals surface area (Å²) in [6.07, 6.45) is 0.690. The molecule has 0 saturated heterocycles. The fourth-order valence-corrected chi connectivity index (χ4v) is 5.18. The summed E-state index contributed by atoms with van der Waals surface area (Å²) >= 11 is 1.24. The Morgan fingerprint density at radius 1 is 1.09 bits per heavy atom. The van der Waals surface area contributed by atoms with Crippen molar-refractivity contribution >= 4 is 17.2 Å². The number of halogens is 3. The van der Waals surface area contributed by atoms with Gasteiger partial charge in [0.15, 0.2) is 0 Å². The van der Waals surface area contributed by atoms with Gasteiger partial charge < -0.3 is 15.8 Å². The van der Waals surface area contributed by atoms with Gasteiger partial charge in [0.25, 0.3) is 0 Å². The predicted octanol–water partition coefficient (Wildman–Crippen LogP) is 5.54. The molecule has 0 spiro atoms. The van der Waals surface area contributed by atoms with Crippen molar-refractivity contribution in [2.45, 2.75) is 57.5 Å². The predicted molar refractivity (Wildman–Crippen MR) is 128 cm³/mol. The molecule has 2 aromatic carbocycles. The quantitative estimate of drug-likeness (QED) is 0.420. The zero-order chi connectivity index (χ0) is 24.8. The Hall–Kier alpha value is -2.98. The first-order valence-electron chi connectivity index (χ1n) is 11.6. The molecule has 6 nitrogen and oxygen atoms in total. The molecular formula is C25H27F3N4O2S. The number of hydrogen-bond acceptors (Lipinski definition) is 6. The first-order valence-corrected chi connectivity index (χ1v) is 12.4. The molecule has 35 heavy (non-hydrogen) atoms. The van der Waals surface area contributed by atoms with E-state index in [1.807, 2.05) is 24.3 Å². The van der Waals surface area contributed by atoms with Crippen LogP contribution in [-0.4, -0.2) is 22.5 Å². The number of ether oxygens (including phenoxy) is 1. The summed E-state index contributed by atoms with van der Waals surface area (Å²) in [5.74, 6) is -0.347. The standard InChI is InChI=1S/C25H27F3N4O2S/c26-25(27,28)34-20-11-5-10-19(14-20)23-31-32-24(35-23)21(13-16-6-4-7-17(12-16)15-29)30-22(33)18-8-2-1-3-9-18/h4-7,10-12,14,18,21H,1-3,8-9,13,15,29H2,(H,30,33). The Morgan fingerprint density at radius 3 is 2.57 bits per heavy atom. The monoisotopic (exact) mass is 504 g/mol. The van der Waals surface area contributed by atoms with Crippen LogP contribution in [-0.2, 0) is 17.8 Å². The highest BCUT2D eigenvalue weighted by Crippen LogP contribution is 2.33. The van der Waals surface area contributed by atoms with E-state index in [-0.39, 0.29) is 17.6 Å². The highest BCUT2D eigenvalue weighted by Gasteiger charge is 2.31. The van der Waals surface area contributed by atoms with E-state index >= 15 is 0 Å². The van der Waals surface area contributed by atoms with E-state index in [4.69, 9.17) is 5.73 Å². The fourth-order valence-electron chi connectivity index (χ4n) is 4.29. The van der Waals surface area contributed by atoms with Gasteiger partial charge in [0, 0.05) is 18.0 Å². The summed E-state index contributed by atoms with van der Waals surface area (Å²) in [6.45, 7) is 0.409. The van der Waals surface area contributed by atoms with E-state index in [1.54, 1.807) is 6.07 Å². The van der Waals surface area contributed by atoms with E-state index in [1.165, 1.54) is 29.5 Å². The molecule has 1 aliphatic rings. The highest BCUT2D eigenvalue weighted by molar-refractivity contribution is 7.14. The van der Waals surface area contributed by atoms with Gasteiger partial charge in [0.2, 0.25) is 5.91 Å². The van der Waals surface area contributed by atoms with E-state index in [2.05, 4.69) is 20.3 Å². The Kier molecular flexibility index (Phi) is 8.02. The van der Waals surface area contributed by atoms with Crippen LogP contribution in [0.5, 0.6) is 5.75 Å². The SMILES string of the molecule is NCc1cccc(CC(NC(=O)C2CCCCC2)c2nnc(-c3cccc(OC(F)(F)F)c3)s2)c1. The smallest absolute Gasteiger partial charge is 0.406 e. The van der Waals surface area contributed by atoms with Crippen LogP contribution >= 0.6 is 11.3 Å². The molecule has 186 valence electrons. The molecule has 0 aliphatic heterocycles. The van der Waals surface area contributed by atoms with Gasteiger partial charge >= 0.3 is 6.36 Å². The molecule has 1 unspecified atom stereocenters. The minimum Gasteiger partial charge on any atom is -0.406 e. The van der Waals surface area contributed by atoms with Crippen molar-refractivity contribution in [3.05, 3.63) is 64.7 Å². The zero-order valence-electron chi connectivity index (χ0n) is 19.1. The van der Waals surface area contributed by atoms with Gasteiger partial charge in [-0.3, -0.25) is 4.79 Å². The minimum absolute atomic E-state index is 0.00186. The lowest BCUT2D eigenvalue weighted by atomic mass is 9.88. The van der Waals surface area contributed by atoms with E-state index in [0.717, 1.165) is 43.2 Å². The second kappa shape index (κ2) is 11.2. The maximum atomic E-state index is 13.1. The van der Waals surface area contributed by atoms with Gasteiger partial charge in [-0.2, -0.15) is 0 Å². The molecule has 1 fully saturated rings. The average molecular weight is 505 g/mol. The number of amides is 1. The summed E-state index contributed by atoms with van der Waals surface area (Å²) in [5, 5.41) is 12.7.